The molecular weight excluding hydrogens is 242 g/mol. The number of amides is 2. The van der Waals surface area contributed by atoms with Crippen LogP contribution in [0.2, 0.25) is 0 Å². The van der Waals surface area contributed by atoms with Crippen LogP contribution in [-0.2, 0) is 9.59 Å². The fourth-order valence-corrected chi connectivity index (χ4v) is 2.42. The van der Waals surface area contributed by atoms with Gasteiger partial charge >= 0.3 is 0 Å². The molecule has 2 fully saturated rings. The molecule has 1 saturated heterocycles. The Kier molecular flexibility index (Phi) is 3.19. The van der Waals surface area contributed by atoms with Crippen molar-refractivity contribution < 1.29 is 9.59 Å². The summed E-state index contributed by atoms with van der Waals surface area (Å²) in [7, 11) is 0. The zero-order valence-electron chi connectivity index (χ0n) is 10.7. The maximum atomic E-state index is 12.1. The summed E-state index contributed by atoms with van der Waals surface area (Å²) in [5.41, 5.74) is 0.681. The number of rotatable bonds is 4. The van der Waals surface area contributed by atoms with E-state index in [1.54, 1.807) is 24.5 Å². The highest BCUT2D eigenvalue weighted by atomic mass is 16.2. The predicted octanol–water partition coefficient (Wildman–Crippen LogP) is 1.28. The normalized spacial score (nSPS) is 22.6. The van der Waals surface area contributed by atoms with Crippen molar-refractivity contribution in [2.45, 2.75) is 19.3 Å². The topological polar surface area (TPSA) is 62.3 Å². The molecule has 2 amide bonds. The van der Waals surface area contributed by atoms with Crippen LogP contribution in [0.15, 0.2) is 24.5 Å². The molecule has 100 valence electrons. The average molecular weight is 259 g/mol. The summed E-state index contributed by atoms with van der Waals surface area (Å²) in [4.78, 5) is 29.7. The molecule has 3 rings (SSSR count). The van der Waals surface area contributed by atoms with Crippen molar-refractivity contribution in [1.82, 2.24) is 9.88 Å². The number of hydrogen-bond acceptors (Lipinski definition) is 3. The van der Waals surface area contributed by atoms with Crippen LogP contribution >= 0.6 is 0 Å². The van der Waals surface area contributed by atoms with Gasteiger partial charge < -0.3 is 10.2 Å². The molecule has 1 saturated carbocycles. The van der Waals surface area contributed by atoms with Crippen molar-refractivity contribution >= 4 is 17.5 Å². The molecule has 1 aliphatic heterocycles. The molecule has 19 heavy (non-hydrogen) atoms. The van der Waals surface area contributed by atoms with Gasteiger partial charge in [-0.2, -0.15) is 0 Å². The van der Waals surface area contributed by atoms with Crippen LogP contribution in [0.3, 0.4) is 0 Å². The average Bonchev–Trinajstić information content (AvgIpc) is 3.14. The minimum atomic E-state index is -0.230. The smallest absolute Gasteiger partial charge is 0.229 e. The van der Waals surface area contributed by atoms with Crippen LogP contribution in [0.5, 0.6) is 0 Å². The molecular formula is C14H17N3O2. The van der Waals surface area contributed by atoms with Gasteiger partial charge in [-0.1, -0.05) is 0 Å². The molecule has 1 aromatic rings. The van der Waals surface area contributed by atoms with E-state index < -0.39 is 0 Å². The van der Waals surface area contributed by atoms with Crippen LogP contribution in [0.1, 0.15) is 19.3 Å². The lowest BCUT2D eigenvalue weighted by atomic mass is 10.1. The highest BCUT2D eigenvalue weighted by Crippen LogP contribution is 2.32. The van der Waals surface area contributed by atoms with Gasteiger partial charge in [0.05, 0.1) is 17.8 Å². The Morgan fingerprint density at radius 1 is 1.47 bits per heavy atom. The maximum Gasteiger partial charge on any atom is 0.229 e. The molecule has 5 nitrogen and oxygen atoms in total. The lowest BCUT2D eigenvalue weighted by Crippen LogP contribution is -2.29. The van der Waals surface area contributed by atoms with Crippen molar-refractivity contribution in [1.29, 1.82) is 0 Å². The second-order valence-electron chi connectivity index (χ2n) is 5.37. The highest BCUT2D eigenvalue weighted by molar-refractivity contribution is 5.97. The van der Waals surface area contributed by atoms with E-state index in [9.17, 15) is 9.59 Å². The highest BCUT2D eigenvalue weighted by Gasteiger charge is 2.37. The predicted molar refractivity (Wildman–Crippen MR) is 70.3 cm³/mol. The van der Waals surface area contributed by atoms with Crippen molar-refractivity contribution in [2.24, 2.45) is 11.8 Å². The largest absolute Gasteiger partial charge is 0.342 e. The molecule has 0 bridgehead atoms. The molecule has 1 aromatic heterocycles. The lowest BCUT2D eigenvalue weighted by molar-refractivity contribution is -0.128. The molecule has 5 heteroatoms. The van der Waals surface area contributed by atoms with Crippen molar-refractivity contribution in [3.05, 3.63) is 24.5 Å². The lowest BCUT2D eigenvalue weighted by Gasteiger charge is -2.15. The van der Waals surface area contributed by atoms with Crippen LogP contribution in [0.4, 0.5) is 5.69 Å². The minimum absolute atomic E-state index is 0.0837. The Balaban J connectivity index is 1.57. The van der Waals surface area contributed by atoms with Crippen LogP contribution in [-0.4, -0.2) is 34.8 Å². The standard InChI is InChI=1S/C14H17N3O2/c18-13-6-11(9-17(13)8-10-3-4-10)14(19)16-12-2-1-5-15-7-12/h1-2,5,7,10-11H,3-4,6,8-9H2,(H,16,19)/t11-/m1/s1. The molecule has 1 aliphatic carbocycles. The Labute approximate surface area is 112 Å². The quantitative estimate of drug-likeness (QED) is 0.886. The number of carbonyl (C=O) groups is 2. The first-order valence-electron chi connectivity index (χ1n) is 6.71. The first-order chi connectivity index (χ1) is 9.22. The van der Waals surface area contributed by atoms with E-state index in [1.165, 1.54) is 12.8 Å². The number of anilines is 1. The van der Waals surface area contributed by atoms with Gasteiger partial charge in [0.1, 0.15) is 0 Å². The van der Waals surface area contributed by atoms with Gasteiger partial charge in [-0.3, -0.25) is 14.6 Å². The van der Waals surface area contributed by atoms with Gasteiger partial charge in [-0.15, -0.1) is 0 Å². The summed E-state index contributed by atoms with van der Waals surface area (Å²) in [6, 6.07) is 3.57. The third kappa shape index (κ3) is 2.92. The van der Waals surface area contributed by atoms with Crippen LogP contribution in [0.25, 0.3) is 0 Å². The second-order valence-corrected chi connectivity index (χ2v) is 5.37. The van der Waals surface area contributed by atoms with E-state index in [0.717, 1.165) is 6.54 Å². The monoisotopic (exact) mass is 259 g/mol. The number of likely N-dealkylation sites (tertiary alicyclic amines) is 1. The van der Waals surface area contributed by atoms with Gasteiger partial charge in [0, 0.05) is 25.7 Å². The van der Waals surface area contributed by atoms with Crippen LogP contribution < -0.4 is 5.32 Å². The minimum Gasteiger partial charge on any atom is -0.342 e. The fourth-order valence-electron chi connectivity index (χ4n) is 2.42. The van der Waals surface area contributed by atoms with Gasteiger partial charge in [0.25, 0.3) is 0 Å². The molecule has 2 aliphatic rings. The SMILES string of the molecule is O=C(Nc1cccnc1)[C@@H]1CC(=O)N(CC2CC2)C1. The summed E-state index contributed by atoms with van der Waals surface area (Å²) >= 11 is 0. The third-order valence-electron chi connectivity index (χ3n) is 3.69. The molecule has 0 spiro atoms. The van der Waals surface area contributed by atoms with Gasteiger partial charge in [0.15, 0.2) is 0 Å². The summed E-state index contributed by atoms with van der Waals surface area (Å²) in [6.07, 6.45) is 6.04. The Bertz CT molecular complexity index is 485. The molecule has 0 aromatic carbocycles. The Morgan fingerprint density at radius 2 is 2.32 bits per heavy atom. The van der Waals surface area contributed by atoms with Crippen molar-refractivity contribution in [3.8, 4) is 0 Å². The van der Waals surface area contributed by atoms with Gasteiger partial charge in [-0.25, -0.2) is 0 Å². The van der Waals surface area contributed by atoms with E-state index in [4.69, 9.17) is 0 Å². The molecule has 0 radical (unpaired) electrons. The molecule has 2 heterocycles. The summed E-state index contributed by atoms with van der Waals surface area (Å²) in [6.45, 7) is 1.39. The first-order valence-corrected chi connectivity index (χ1v) is 6.71. The molecule has 1 atom stereocenters. The summed E-state index contributed by atoms with van der Waals surface area (Å²) in [5.74, 6) is 0.466. The number of nitrogens with zero attached hydrogens (tertiary/aromatic N) is 2. The first kappa shape index (κ1) is 12.1. The fraction of sp³-hybridized carbons (Fsp3) is 0.500. The molecule has 1 N–H and O–H groups in total. The van der Waals surface area contributed by atoms with E-state index in [2.05, 4.69) is 10.3 Å². The number of carbonyl (C=O) groups excluding carboxylic acids is 2. The van der Waals surface area contributed by atoms with E-state index in [1.807, 2.05) is 4.90 Å². The number of pyridine rings is 1. The molecule has 0 unspecified atom stereocenters. The zero-order valence-corrected chi connectivity index (χ0v) is 10.7. The van der Waals surface area contributed by atoms with Crippen LogP contribution in [0, 0.1) is 11.8 Å². The second kappa shape index (κ2) is 4.99. The summed E-state index contributed by atoms with van der Waals surface area (Å²) < 4.78 is 0. The maximum absolute atomic E-state index is 12.1. The van der Waals surface area contributed by atoms with Crippen molar-refractivity contribution in [3.63, 3.8) is 0 Å². The Morgan fingerprint density at radius 3 is 3.00 bits per heavy atom. The Hall–Kier alpha value is -1.91. The van der Waals surface area contributed by atoms with Gasteiger partial charge in [-0.05, 0) is 30.9 Å². The number of aromatic nitrogens is 1. The number of nitrogens with one attached hydrogen (secondary N) is 1. The summed E-state index contributed by atoms with van der Waals surface area (Å²) in [5, 5.41) is 2.81. The van der Waals surface area contributed by atoms with E-state index in [0.29, 0.717) is 24.6 Å². The van der Waals surface area contributed by atoms with Crippen molar-refractivity contribution in [2.75, 3.05) is 18.4 Å². The van der Waals surface area contributed by atoms with E-state index in [-0.39, 0.29) is 17.7 Å². The van der Waals surface area contributed by atoms with Gasteiger partial charge in [0.2, 0.25) is 11.8 Å². The number of hydrogen-bond donors (Lipinski definition) is 1. The zero-order chi connectivity index (χ0) is 13.2. The third-order valence-corrected chi connectivity index (χ3v) is 3.69. The van der Waals surface area contributed by atoms with E-state index >= 15 is 0 Å².